The van der Waals surface area contributed by atoms with Crippen LogP contribution in [0.3, 0.4) is 0 Å². The molecular weight excluding hydrogens is 326 g/mol. The molecule has 1 unspecified atom stereocenters. The third-order valence-electron chi connectivity index (χ3n) is 2.89. The molecule has 0 amide bonds. The van der Waals surface area contributed by atoms with Gasteiger partial charge in [0.2, 0.25) is 0 Å². The molecule has 0 radical (unpaired) electrons. The number of carboxylic acids is 1. The van der Waals surface area contributed by atoms with E-state index in [4.69, 9.17) is 5.11 Å². The average Bonchev–Trinajstić information content (AvgIpc) is 2.78. The molecular formula is C14H14BrNO2S. The van der Waals surface area contributed by atoms with E-state index in [2.05, 4.69) is 28.2 Å². The minimum atomic E-state index is -0.909. The molecule has 0 aliphatic rings. The lowest BCUT2D eigenvalue weighted by Gasteiger charge is -2.17. The predicted molar refractivity (Wildman–Crippen MR) is 82.2 cm³/mol. The number of thiophene rings is 1. The number of hydrogen-bond donors (Lipinski definition) is 2. The minimum absolute atomic E-state index is 0.122. The van der Waals surface area contributed by atoms with Crippen molar-refractivity contribution in [2.75, 3.05) is 5.32 Å². The molecule has 0 bridgehead atoms. The first kappa shape index (κ1) is 14.1. The monoisotopic (exact) mass is 339 g/mol. The second-order valence-electron chi connectivity index (χ2n) is 4.33. The summed E-state index contributed by atoms with van der Waals surface area (Å²) in [6, 6.07) is 7.25. The van der Waals surface area contributed by atoms with E-state index < -0.39 is 5.97 Å². The number of aryl methyl sites for hydroxylation is 1. The molecule has 0 spiro atoms. The van der Waals surface area contributed by atoms with Crippen molar-refractivity contribution in [2.45, 2.75) is 19.9 Å². The Morgan fingerprint density at radius 3 is 2.74 bits per heavy atom. The Kier molecular flexibility index (Phi) is 4.27. The number of benzene rings is 1. The van der Waals surface area contributed by atoms with Gasteiger partial charge in [0.05, 0.1) is 11.6 Å². The van der Waals surface area contributed by atoms with Crippen molar-refractivity contribution < 1.29 is 9.90 Å². The van der Waals surface area contributed by atoms with Crippen molar-refractivity contribution in [3.8, 4) is 0 Å². The maximum atomic E-state index is 11.0. The molecule has 0 aliphatic carbocycles. The zero-order chi connectivity index (χ0) is 14.0. The van der Waals surface area contributed by atoms with Crippen LogP contribution in [0.4, 0.5) is 5.69 Å². The van der Waals surface area contributed by atoms with Gasteiger partial charge < -0.3 is 10.4 Å². The Morgan fingerprint density at radius 1 is 1.42 bits per heavy atom. The van der Waals surface area contributed by atoms with Gasteiger partial charge in [0.15, 0.2) is 0 Å². The average molecular weight is 340 g/mol. The van der Waals surface area contributed by atoms with Gasteiger partial charge in [-0.1, -0.05) is 6.07 Å². The van der Waals surface area contributed by atoms with Gasteiger partial charge in [-0.15, -0.1) is 11.3 Å². The van der Waals surface area contributed by atoms with Crippen molar-refractivity contribution in [1.29, 1.82) is 0 Å². The first-order valence-corrected chi connectivity index (χ1v) is 7.49. The topological polar surface area (TPSA) is 49.3 Å². The summed E-state index contributed by atoms with van der Waals surface area (Å²) >= 11 is 5.18. The molecule has 1 atom stereocenters. The number of carboxylic acid groups (broad SMARTS) is 1. The van der Waals surface area contributed by atoms with E-state index in [0.29, 0.717) is 5.56 Å². The summed E-state index contributed by atoms with van der Waals surface area (Å²) in [5.41, 5.74) is 2.18. The molecule has 0 saturated carbocycles. The maximum absolute atomic E-state index is 11.0. The van der Waals surface area contributed by atoms with Gasteiger partial charge in [-0.2, -0.15) is 0 Å². The van der Waals surface area contributed by atoms with Crippen LogP contribution >= 0.6 is 27.3 Å². The van der Waals surface area contributed by atoms with Crippen LogP contribution in [0.2, 0.25) is 0 Å². The van der Waals surface area contributed by atoms with Crippen molar-refractivity contribution in [2.24, 2.45) is 0 Å². The van der Waals surface area contributed by atoms with Gasteiger partial charge in [0.25, 0.3) is 0 Å². The fourth-order valence-electron chi connectivity index (χ4n) is 1.82. The summed E-state index contributed by atoms with van der Waals surface area (Å²) in [5.74, 6) is -0.909. The lowest BCUT2D eigenvalue weighted by atomic mass is 10.1. The summed E-state index contributed by atoms with van der Waals surface area (Å²) in [4.78, 5) is 12.2. The van der Waals surface area contributed by atoms with E-state index in [9.17, 15) is 4.79 Å². The summed E-state index contributed by atoms with van der Waals surface area (Å²) in [6.07, 6.45) is 0. The number of carbonyl (C=O) groups is 1. The van der Waals surface area contributed by atoms with Crippen LogP contribution in [0, 0.1) is 6.92 Å². The number of rotatable bonds is 4. The van der Waals surface area contributed by atoms with Crippen LogP contribution in [0.5, 0.6) is 0 Å². The molecule has 19 heavy (non-hydrogen) atoms. The molecule has 1 heterocycles. The van der Waals surface area contributed by atoms with Crippen LogP contribution in [-0.2, 0) is 0 Å². The van der Waals surface area contributed by atoms with Crippen LogP contribution in [0.25, 0.3) is 0 Å². The zero-order valence-electron chi connectivity index (χ0n) is 10.6. The molecule has 2 N–H and O–H groups in total. The number of anilines is 1. The summed E-state index contributed by atoms with van der Waals surface area (Å²) < 4.78 is 1.07. The molecule has 0 saturated heterocycles. The van der Waals surface area contributed by atoms with Gasteiger partial charge >= 0.3 is 5.97 Å². The molecule has 3 nitrogen and oxygen atoms in total. The van der Waals surface area contributed by atoms with Gasteiger partial charge in [-0.3, -0.25) is 0 Å². The third kappa shape index (κ3) is 3.16. The largest absolute Gasteiger partial charge is 0.478 e. The molecule has 1 aromatic heterocycles. The zero-order valence-corrected chi connectivity index (χ0v) is 13.0. The van der Waals surface area contributed by atoms with E-state index in [1.807, 2.05) is 24.4 Å². The molecule has 5 heteroatoms. The van der Waals surface area contributed by atoms with Crippen molar-refractivity contribution in [3.05, 3.63) is 50.1 Å². The Balaban J connectivity index is 2.26. The van der Waals surface area contributed by atoms with Crippen molar-refractivity contribution in [1.82, 2.24) is 0 Å². The Labute approximate surface area is 124 Å². The normalized spacial score (nSPS) is 12.2. The molecule has 0 fully saturated rings. The van der Waals surface area contributed by atoms with Crippen molar-refractivity contribution in [3.63, 3.8) is 0 Å². The fourth-order valence-corrected chi connectivity index (χ4v) is 3.55. The van der Waals surface area contributed by atoms with Crippen LogP contribution < -0.4 is 5.32 Å². The van der Waals surface area contributed by atoms with Gasteiger partial charge in [0, 0.05) is 15.0 Å². The SMILES string of the molecule is Cc1ccc(C(=O)O)cc1NC(C)c1sccc1Br. The van der Waals surface area contributed by atoms with E-state index in [0.717, 1.165) is 15.7 Å². The van der Waals surface area contributed by atoms with E-state index in [1.54, 1.807) is 23.5 Å². The first-order chi connectivity index (χ1) is 8.99. The second-order valence-corrected chi connectivity index (χ2v) is 6.14. The van der Waals surface area contributed by atoms with Gasteiger partial charge in [-0.25, -0.2) is 4.79 Å². The lowest BCUT2D eigenvalue weighted by Crippen LogP contribution is -2.08. The predicted octanol–water partition coefficient (Wildman–Crippen LogP) is 4.69. The standard InChI is InChI=1S/C14H14BrNO2S/c1-8-3-4-10(14(17)18)7-12(8)16-9(2)13-11(15)5-6-19-13/h3-7,9,16H,1-2H3,(H,17,18). The van der Waals surface area contributed by atoms with Crippen molar-refractivity contribution >= 4 is 38.9 Å². The van der Waals surface area contributed by atoms with Crippen LogP contribution in [0.1, 0.15) is 33.8 Å². The Hall–Kier alpha value is -1.33. The highest BCUT2D eigenvalue weighted by Crippen LogP contribution is 2.32. The first-order valence-electron chi connectivity index (χ1n) is 5.82. The van der Waals surface area contributed by atoms with Gasteiger partial charge in [-0.05, 0) is 58.9 Å². The number of nitrogens with one attached hydrogen (secondary N) is 1. The number of aromatic carboxylic acids is 1. The van der Waals surface area contributed by atoms with Crippen LogP contribution in [-0.4, -0.2) is 11.1 Å². The molecule has 100 valence electrons. The number of halogens is 1. The summed E-state index contributed by atoms with van der Waals surface area (Å²) in [6.45, 7) is 4.02. The fraction of sp³-hybridized carbons (Fsp3) is 0.214. The number of hydrogen-bond acceptors (Lipinski definition) is 3. The maximum Gasteiger partial charge on any atom is 0.335 e. The molecule has 2 rings (SSSR count). The minimum Gasteiger partial charge on any atom is -0.478 e. The highest BCUT2D eigenvalue weighted by Gasteiger charge is 2.13. The van der Waals surface area contributed by atoms with E-state index in [-0.39, 0.29) is 6.04 Å². The van der Waals surface area contributed by atoms with Crippen LogP contribution in [0.15, 0.2) is 34.1 Å². The lowest BCUT2D eigenvalue weighted by molar-refractivity contribution is 0.0697. The highest BCUT2D eigenvalue weighted by atomic mass is 79.9. The van der Waals surface area contributed by atoms with Gasteiger partial charge in [0.1, 0.15) is 0 Å². The van der Waals surface area contributed by atoms with E-state index in [1.165, 1.54) is 4.88 Å². The Morgan fingerprint density at radius 2 is 2.16 bits per heavy atom. The molecule has 2 aromatic rings. The summed E-state index contributed by atoms with van der Waals surface area (Å²) in [5, 5.41) is 14.4. The quantitative estimate of drug-likeness (QED) is 0.849. The molecule has 0 aliphatic heterocycles. The smallest absolute Gasteiger partial charge is 0.335 e. The Bertz CT molecular complexity index is 609. The second kappa shape index (κ2) is 5.75. The molecule has 1 aromatic carbocycles. The summed E-state index contributed by atoms with van der Waals surface area (Å²) in [7, 11) is 0. The third-order valence-corrected chi connectivity index (χ3v) is 4.95. The highest BCUT2D eigenvalue weighted by molar-refractivity contribution is 9.10. The van der Waals surface area contributed by atoms with E-state index >= 15 is 0 Å².